The average molecular weight is 441 g/mol. The fraction of sp³-hybridized carbons (Fsp3) is 0.111. The first-order valence-electron chi connectivity index (χ1n) is 8.31. The average Bonchev–Trinajstić information content (AvgIpc) is 2.64. The van der Waals surface area contributed by atoms with Crippen LogP contribution in [0.25, 0.3) is 0 Å². The molecule has 0 radical (unpaired) electrons. The maximum Gasteiger partial charge on any atom is 0.573 e. The lowest BCUT2D eigenvalue weighted by Crippen LogP contribution is -2.17. The Balaban J connectivity index is 1.82. The third-order valence-corrected chi connectivity index (χ3v) is 4.01. The van der Waals surface area contributed by atoms with Crippen molar-refractivity contribution in [2.24, 2.45) is 0 Å². The van der Waals surface area contributed by atoms with E-state index in [-0.39, 0.29) is 17.5 Å². The molecule has 12 heteroatoms. The van der Waals surface area contributed by atoms with Crippen LogP contribution in [0.2, 0.25) is 0 Å². The van der Waals surface area contributed by atoms with Crippen molar-refractivity contribution in [1.82, 2.24) is 9.97 Å². The number of rotatable bonds is 7. The van der Waals surface area contributed by atoms with Gasteiger partial charge in [-0.05, 0) is 24.3 Å². The molecule has 1 heterocycles. The molecule has 0 bridgehead atoms. The van der Waals surface area contributed by atoms with Gasteiger partial charge in [0.25, 0.3) is 0 Å². The molecule has 0 amide bonds. The zero-order valence-electron chi connectivity index (χ0n) is 15.3. The van der Waals surface area contributed by atoms with E-state index < -0.39 is 28.9 Å². The van der Waals surface area contributed by atoms with Crippen LogP contribution in [0.5, 0.6) is 5.75 Å². The molecule has 0 spiro atoms. The van der Waals surface area contributed by atoms with E-state index in [1.54, 1.807) is 24.3 Å². The number of anilines is 5. The molecule has 7 nitrogen and oxygen atoms in total. The molecule has 0 fully saturated rings. The number of hydrogen-bond acceptors (Lipinski definition) is 6. The number of para-hydroxylation sites is 2. The van der Waals surface area contributed by atoms with Gasteiger partial charge in [-0.25, -0.2) is 13.6 Å². The number of halogens is 4. The van der Waals surface area contributed by atoms with Crippen molar-refractivity contribution in [2.75, 3.05) is 21.6 Å². The first-order valence-corrected chi connectivity index (χ1v) is 9.87. The fourth-order valence-corrected chi connectivity index (χ4v) is 2.87. The Morgan fingerprint density at radius 3 is 2.47 bits per heavy atom. The van der Waals surface area contributed by atoms with E-state index in [4.69, 9.17) is 0 Å². The van der Waals surface area contributed by atoms with Gasteiger partial charge in [-0.2, -0.15) is 4.98 Å². The van der Waals surface area contributed by atoms with Crippen molar-refractivity contribution >= 4 is 39.8 Å². The molecular formula is C18H15F4N5O2S. The fourth-order valence-electron chi connectivity index (χ4n) is 2.38. The largest absolute Gasteiger partial charge is 0.573 e. The summed E-state index contributed by atoms with van der Waals surface area (Å²) in [6, 6.07) is 11.7. The van der Waals surface area contributed by atoms with Crippen LogP contribution in [0.1, 0.15) is 0 Å². The highest BCUT2D eigenvalue weighted by molar-refractivity contribution is 7.85. The predicted molar refractivity (Wildman–Crippen MR) is 106 cm³/mol. The van der Waals surface area contributed by atoms with E-state index in [1.165, 1.54) is 18.4 Å². The van der Waals surface area contributed by atoms with Gasteiger partial charge < -0.3 is 20.1 Å². The lowest BCUT2D eigenvalue weighted by Gasteiger charge is -2.13. The number of alkyl halides is 3. The van der Waals surface area contributed by atoms with Crippen LogP contribution in [0, 0.1) is 5.82 Å². The minimum atomic E-state index is -4.83. The van der Waals surface area contributed by atoms with Crippen LogP contribution in [0.4, 0.5) is 46.4 Å². The summed E-state index contributed by atoms with van der Waals surface area (Å²) in [4.78, 5) is 7.80. The van der Waals surface area contributed by atoms with Gasteiger partial charge in [0.2, 0.25) is 5.95 Å². The molecule has 0 aliphatic carbocycles. The maximum atomic E-state index is 14.2. The topological polar surface area (TPSA) is 88.2 Å². The Bertz CT molecular complexity index is 1060. The third kappa shape index (κ3) is 6.04. The van der Waals surface area contributed by atoms with Gasteiger partial charge in [0, 0.05) is 18.0 Å². The van der Waals surface area contributed by atoms with Gasteiger partial charge in [-0.3, -0.25) is 0 Å². The molecule has 1 aromatic heterocycles. The van der Waals surface area contributed by atoms with E-state index in [1.807, 2.05) is 0 Å². The van der Waals surface area contributed by atoms with Gasteiger partial charge in [-0.1, -0.05) is 18.2 Å². The van der Waals surface area contributed by atoms with Crippen molar-refractivity contribution in [2.45, 2.75) is 6.36 Å². The molecule has 0 saturated heterocycles. The van der Waals surface area contributed by atoms with E-state index in [0.717, 1.165) is 18.3 Å². The second-order valence-corrected chi connectivity index (χ2v) is 6.93. The van der Waals surface area contributed by atoms with Gasteiger partial charge in [-0.15, -0.1) is 13.2 Å². The summed E-state index contributed by atoms with van der Waals surface area (Å²) >= 11 is 0. The Hall–Kier alpha value is -3.41. The zero-order valence-corrected chi connectivity index (χ0v) is 16.1. The van der Waals surface area contributed by atoms with Crippen molar-refractivity contribution in [3.05, 3.63) is 60.5 Å². The zero-order chi connectivity index (χ0) is 21.7. The number of aromatic nitrogens is 2. The summed E-state index contributed by atoms with van der Waals surface area (Å²) in [5, 5.41) is 5.47. The minimum Gasteiger partial charge on any atom is -0.406 e. The molecule has 2 aromatic carbocycles. The molecule has 158 valence electrons. The second-order valence-electron chi connectivity index (χ2n) is 5.82. The van der Waals surface area contributed by atoms with Crippen molar-refractivity contribution < 1.29 is 26.5 Å². The van der Waals surface area contributed by atoms with Crippen LogP contribution in [-0.4, -0.2) is 26.8 Å². The highest BCUT2D eigenvalue weighted by Crippen LogP contribution is 2.28. The van der Waals surface area contributed by atoms with E-state index in [2.05, 4.69) is 30.1 Å². The van der Waals surface area contributed by atoms with E-state index in [0.29, 0.717) is 11.4 Å². The highest BCUT2D eigenvalue weighted by Gasteiger charge is 2.31. The Labute approximate surface area is 171 Å². The van der Waals surface area contributed by atoms with Crippen LogP contribution in [-0.2, 0) is 11.0 Å². The molecule has 0 aliphatic heterocycles. The van der Waals surface area contributed by atoms with E-state index >= 15 is 0 Å². The molecule has 3 N–H and O–H groups in total. The summed E-state index contributed by atoms with van der Waals surface area (Å²) in [7, 11) is -1.35. The van der Waals surface area contributed by atoms with Crippen molar-refractivity contribution in [3.63, 3.8) is 0 Å². The molecule has 30 heavy (non-hydrogen) atoms. The normalized spacial score (nSPS) is 12.2. The van der Waals surface area contributed by atoms with Crippen LogP contribution >= 0.6 is 0 Å². The van der Waals surface area contributed by atoms with Crippen LogP contribution in [0.3, 0.4) is 0 Å². The maximum absolute atomic E-state index is 14.2. The van der Waals surface area contributed by atoms with Crippen molar-refractivity contribution in [3.8, 4) is 5.75 Å². The Morgan fingerprint density at radius 1 is 1.03 bits per heavy atom. The summed E-state index contributed by atoms with van der Waals surface area (Å²) < 4.78 is 69.3. The molecular weight excluding hydrogens is 426 g/mol. The minimum absolute atomic E-state index is 0.0624. The first kappa shape index (κ1) is 21.3. The molecule has 0 saturated carbocycles. The van der Waals surface area contributed by atoms with Crippen LogP contribution in [0.15, 0.2) is 54.7 Å². The third-order valence-electron chi connectivity index (χ3n) is 3.50. The summed E-state index contributed by atoms with van der Waals surface area (Å²) in [6.45, 7) is 0. The standard InChI is InChI=1S/C18H15F4N5O2S/c1-30(28)27-15-8-3-2-7-14(15)25-16-13(19)10-23-17(26-16)24-11-5-4-6-12(9-11)29-18(20,21)22/h2-10,27H,1H3,(H2,23,24,25,26). The van der Waals surface area contributed by atoms with Gasteiger partial charge in [0.1, 0.15) is 16.7 Å². The molecule has 1 unspecified atom stereocenters. The Morgan fingerprint density at radius 2 is 1.77 bits per heavy atom. The van der Waals surface area contributed by atoms with Gasteiger partial charge >= 0.3 is 6.36 Å². The number of nitrogens with one attached hydrogen (secondary N) is 3. The molecule has 0 aliphatic rings. The number of ether oxygens (including phenoxy) is 1. The molecule has 3 rings (SSSR count). The smallest absolute Gasteiger partial charge is 0.406 e. The lowest BCUT2D eigenvalue weighted by atomic mass is 10.2. The Kier molecular flexibility index (Phi) is 6.35. The van der Waals surface area contributed by atoms with Crippen LogP contribution < -0.4 is 20.1 Å². The summed E-state index contributed by atoms with van der Waals surface area (Å²) in [6.07, 6.45) is -2.48. The number of hydrogen-bond donors (Lipinski definition) is 3. The monoisotopic (exact) mass is 441 g/mol. The first-order chi connectivity index (χ1) is 14.2. The second kappa shape index (κ2) is 8.95. The van der Waals surface area contributed by atoms with Crippen molar-refractivity contribution in [1.29, 1.82) is 0 Å². The summed E-state index contributed by atoms with van der Waals surface area (Å²) in [5.41, 5.74) is 1.08. The lowest BCUT2D eigenvalue weighted by molar-refractivity contribution is -0.274. The molecule has 1 atom stereocenters. The number of benzene rings is 2. The van der Waals surface area contributed by atoms with Gasteiger partial charge in [0.05, 0.1) is 17.6 Å². The SMILES string of the molecule is CS(=O)Nc1ccccc1Nc1nc(Nc2cccc(OC(F)(F)F)c2)ncc1F. The predicted octanol–water partition coefficient (Wildman–Crippen LogP) is 4.71. The summed E-state index contributed by atoms with van der Waals surface area (Å²) in [5.74, 6) is -1.44. The van der Waals surface area contributed by atoms with E-state index in [9.17, 15) is 21.8 Å². The number of nitrogens with zero attached hydrogens (tertiary/aromatic N) is 2. The quantitative estimate of drug-likeness (QED) is 0.461. The highest BCUT2D eigenvalue weighted by atomic mass is 32.2. The van der Waals surface area contributed by atoms with Gasteiger partial charge in [0.15, 0.2) is 11.6 Å². The molecule has 3 aromatic rings.